The quantitative estimate of drug-likeness (QED) is 0.758. The second kappa shape index (κ2) is 4.69. The van der Waals surface area contributed by atoms with Crippen molar-refractivity contribution in [2.45, 2.75) is 32.3 Å². The number of aromatic nitrogens is 1. The fraction of sp³-hybridized carbons (Fsp3) is 0.571. The first-order valence-corrected chi connectivity index (χ1v) is 6.63. The van der Waals surface area contributed by atoms with E-state index in [4.69, 9.17) is 4.74 Å². The van der Waals surface area contributed by atoms with E-state index in [1.807, 2.05) is 17.9 Å². The molecule has 2 atom stereocenters. The number of ether oxygens (including phenoxy) is 1. The van der Waals surface area contributed by atoms with Crippen LogP contribution in [0.25, 0.3) is 0 Å². The molecule has 3 heterocycles. The van der Waals surface area contributed by atoms with Crippen LogP contribution in [-0.4, -0.2) is 30.1 Å². The summed E-state index contributed by atoms with van der Waals surface area (Å²) in [5.74, 6) is 0.207. The highest BCUT2D eigenvalue weighted by Crippen LogP contribution is 2.31. The van der Waals surface area contributed by atoms with Crippen molar-refractivity contribution in [3.05, 3.63) is 24.0 Å². The lowest BCUT2D eigenvalue weighted by atomic mass is 9.94. The van der Waals surface area contributed by atoms with E-state index in [-0.39, 0.29) is 17.9 Å². The monoisotopic (exact) mass is 246 g/mol. The van der Waals surface area contributed by atoms with Crippen molar-refractivity contribution in [2.24, 2.45) is 5.92 Å². The lowest BCUT2D eigenvalue weighted by molar-refractivity contribution is -0.130. The predicted octanol–water partition coefficient (Wildman–Crippen LogP) is 1.79. The number of fused-ring (bicyclic) bond motifs is 1. The number of carbonyl (C=O) groups excluding carboxylic acids is 1. The number of anilines is 1. The van der Waals surface area contributed by atoms with E-state index >= 15 is 0 Å². The minimum Gasteiger partial charge on any atom is -0.378 e. The summed E-state index contributed by atoms with van der Waals surface area (Å²) in [5.41, 5.74) is 2.21. The first-order chi connectivity index (χ1) is 8.77. The SMILES string of the molecule is CC1OCCCC1C(=O)N1CCc2ccncc21. The van der Waals surface area contributed by atoms with Gasteiger partial charge in [0, 0.05) is 19.3 Å². The molecule has 0 N–H and O–H groups in total. The maximum absolute atomic E-state index is 12.6. The molecule has 1 aromatic rings. The van der Waals surface area contributed by atoms with Gasteiger partial charge < -0.3 is 9.64 Å². The molecule has 1 aromatic heterocycles. The van der Waals surface area contributed by atoms with Gasteiger partial charge in [0.15, 0.2) is 0 Å². The second-order valence-corrected chi connectivity index (χ2v) is 5.07. The summed E-state index contributed by atoms with van der Waals surface area (Å²) in [7, 11) is 0. The highest BCUT2D eigenvalue weighted by Gasteiger charge is 2.35. The molecule has 3 rings (SSSR count). The Balaban J connectivity index is 1.82. The van der Waals surface area contributed by atoms with Gasteiger partial charge in [0.2, 0.25) is 5.91 Å². The number of hydrogen-bond acceptors (Lipinski definition) is 3. The van der Waals surface area contributed by atoms with E-state index in [0.29, 0.717) is 0 Å². The number of amides is 1. The summed E-state index contributed by atoms with van der Waals surface area (Å²) < 4.78 is 5.60. The molecule has 4 nitrogen and oxygen atoms in total. The molecule has 0 bridgehead atoms. The number of carbonyl (C=O) groups is 1. The summed E-state index contributed by atoms with van der Waals surface area (Å²) in [6.07, 6.45) is 6.48. The number of hydrogen-bond donors (Lipinski definition) is 0. The van der Waals surface area contributed by atoms with Gasteiger partial charge in [0.25, 0.3) is 0 Å². The largest absolute Gasteiger partial charge is 0.378 e. The van der Waals surface area contributed by atoms with Crippen LogP contribution in [0.3, 0.4) is 0 Å². The molecule has 2 aliphatic heterocycles. The third-order valence-corrected chi connectivity index (χ3v) is 3.97. The van der Waals surface area contributed by atoms with E-state index in [1.54, 1.807) is 12.4 Å². The van der Waals surface area contributed by atoms with Gasteiger partial charge in [-0.1, -0.05) is 0 Å². The van der Waals surface area contributed by atoms with Crippen LogP contribution in [0.2, 0.25) is 0 Å². The molecule has 1 fully saturated rings. The van der Waals surface area contributed by atoms with Gasteiger partial charge in [-0.3, -0.25) is 9.78 Å². The van der Waals surface area contributed by atoms with E-state index in [2.05, 4.69) is 4.98 Å². The van der Waals surface area contributed by atoms with Crippen molar-refractivity contribution >= 4 is 11.6 Å². The third kappa shape index (κ3) is 1.90. The minimum atomic E-state index is 0.00454. The van der Waals surface area contributed by atoms with Gasteiger partial charge in [-0.15, -0.1) is 0 Å². The topological polar surface area (TPSA) is 42.4 Å². The van der Waals surface area contributed by atoms with Crippen molar-refractivity contribution in [3.8, 4) is 0 Å². The van der Waals surface area contributed by atoms with Crippen LogP contribution >= 0.6 is 0 Å². The second-order valence-electron chi connectivity index (χ2n) is 5.07. The van der Waals surface area contributed by atoms with Crippen molar-refractivity contribution in [1.82, 2.24) is 4.98 Å². The average Bonchev–Trinajstić information content (AvgIpc) is 2.82. The Morgan fingerprint density at radius 2 is 2.44 bits per heavy atom. The van der Waals surface area contributed by atoms with E-state index in [9.17, 15) is 4.79 Å². The molecular weight excluding hydrogens is 228 g/mol. The molecule has 4 heteroatoms. The zero-order valence-corrected chi connectivity index (χ0v) is 10.6. The van der Waals surface area contributed by atoms with E-state index in [0.717, 1.165) is 38.1 Å². The van der Waals surface area contributed by atoms with Crippen LogP contribution in [0, 0.1) is 5.92 Å². The molecule has 0 radical (unpaired) electrons. The normalized spacial score (nSPS) is 27.1. The van der Waals surface area contributed by atoms with Gasteiger partial charge >= 0.3 is 0 Å². The fourth-order valence-electron chi connectivity index (χ4n) is 2.90. The summed E-state index contributed by atoms with van der Waals surface area (Å²) in [6.45, 7) is 3.56. The number of nitrogens with zero attached hydrogens (tertiary/aromatic N) is 2. The van der Waals surface area contributed by atoms with Crippen molar-refractivity contribution in [2.75, 3.05) is 18.1 Å². The Morgan fingerprint density at radius 1 is 1.56 bits per heavy atom. The first kappa shape index (κ1) is 11.7. The smallest absolute Gasteiger partial charge is 0.232 e. The Morgan fingerprint density at radius 3 is 3.28 bits per heavy atom. The molecule has 96 valence electrons. The number of rotatable bonds is 1. The number of pyridine rings is 1. The van der Waals surface area contributed by atoms with E-state index in [1.165, 1.54) is 5.56 Å². The van der Waals surface area contributed by atoms with Gasteiger partial charge in [-0.05, 0) is 37.8 Å². The Hall–Kier alpha value is -1.42. The fourth-order valence-corrected chi connectivity index (χ4v) is 2.90. The highest BCUT2D eigenvalue weighted by atomic mass is 16.5. The van der Waals surface area contributed by atoms with Gasteiger partial charge in [-0.2, -0.15) is 0 Å². The van der Waals surface area contributed by atoms with Crippen molar-refractivity contribution < 1.29 is 9.53 Å². The standard InChI is InChI=1S/C14H18N2O2/c1-10-12(3-2-8-18-10)14(17)16-7-5-11-4-6-15-9-13(11)16/h4,6,9-10,12H,2-3,5,7-8H2,1H3. The maximum atomic E-state index is 12.6. The molecule has 1 saturated heterocycles. The van der Waals surface area contributed by atoms with Crippen LogP contribution in [0.1, 0.15) is 25.3 Å². The zero-order valence-electron chi connectivity index (χ0n) is 10.6. The Bertz CT molecular complexity index is 461. The minimum absolute atomic E-state index is 0.00454. The molecule has 2 unspecified atom stereocenters. The Kier molecular flexibility index (Phi) is 3.04. The molecular formula is C14H18N2O2. The highest BCUT2D eigenvalue weighted by molar-refractivity contribution is 5.97. The van der Waals surface area contributed by atoms with Crippen LogP contribution in [-0.2, 0) is 16.0 Å². The van der Waals surface area contributed by atoms with Gasteiger partial charge in [0.05, 0.1) is 23.9 Å². The molecule has 1 amide bonds. The van der Waals surface area contributed by atoms with Crippen LogP contribution < -0.4 is 4.90 Å². The molecule has 0 aromatic carbocycles. The van der Waals surface area contributed by atoms with Gasteiger partial charge in [0.1, 0.15) is 0 Å². The average molecular weight is 246 g/mol. The lowest BCUT2D eigenvalue weighted by Gasteiger charge is -2.31. The zero-order chi connectivity index (χ0) is 12.5. The summed E-state index contributed by atoms with van der Waals surface area (Å²) in [5, 5.41) is 0. The van der Waals surface area contributed by atoms with Crippen LogP contribution in [0.5, 0.6) is 0 Å². The molecule has 0 spiro atoms. The lowest BCUT2D eigenvalue weighted by Crippen LogP contribution is -2.42. The van der Waals surface area contributed by atoms with Crippen molar-refractivity contribution in [1.29, 1.82) is 0 Å². The predicted molar refractivity (Wildman–Crippen MR) is 68.4 cm³/mol. The van der Waals surface area contributed by atoms with Gasteiger partial charge in [-0.25, -0.2) is 0 Å². The van der Waals surface area contributed by atoms with Crippen LogP contribution in [0.15, 0.2) is 18.5 Å². The Labute approximate surface area is 107 Å². The molecule has 0 saturated carbocycles. The maximum Gasteiger partial charge on any atom is 0.232 e. The molecule has 18 heavy (non-hydrogen) atoms. The summed E-state index contributed by atoms with van der Waals surface area (Å²) in [4.78, 5) is 18.6. The summed E-state index contributed by atoms with van der Waals surface area (Å²) >= 11 is 0. The first-order valence-electron chi connectivity index (χ1n) is 6.63. The third-order valence-electron chi connectivity index (χ3n) is 3.97. The molecule has 2 aliphatic rings. The van der Waals surface area contributed by atoms with E-state index < -0.39 is 0 Å². The van der Waals surface area contributed by atoms with Crippen LogP contribution in [0.4, 0.5) is 5.69 Å². The van der Waals surface area contributed by atoms with Crippen molar-refractivity contribution in [3.63, 3.8) is 0 Å². The summed E-state index contributed by atoms with van der Waals surface area (Å²) in [6, 6.07) is 2.00. The molecule has 0 aliphatic carbocycles.